The molecule has 4 heavy (non-hydrogen) atoms. The van der Waals surface area contributed by atoms with Gasteiger partial charge in [-0.15, -0.1) is 0 Å². The standard InChI is InChI=1S/BrI.ClH.H3N/c1-2;;/h;1H;1H3. The van der Waals surface area contributed by atoms with E-state index in [-0.39, 0.29) is 18.6 Å². The fourth-order valence-electron chi connectivity index (χ4n) is 0. The zero-order chi connectivity index (χ0) is 2.00. The summed E-state index contributed by atoms with van der Waals surface area (Å²) < 4.78 is 0. The summed E-state index contributed by atoms with van der Waals surface area (Å²) in [5.41, 5.74) is 0. The van der Waals surface area contributed by atoms with E-state index in [9.17, 15) is 0 Å². The van der Waals surface area contributed by atoms with Gasteiger partial charge in [0.25, 0.3) is 0 Å². The summed E-state index contributed by atoms with van der Waals surface area (Å²) in [4.78, 5) is 0. The van der Waals surface area contributed by atoms with Crippen LogP contribution in [0.1, 0.15) is 0 Å². The van der Waals surface area contributed by atoms with E-state index in [0.29, 0.717) is 0 Å². The van der Waals surface area contributed by atoms with Gasteiger partial charge in [0, 0.05) is 20.4 Å². The molecular formula is H4BrClIN. The lowest BCUT2D eigenvalue weighted by Crippen LogP contribution is -3.00. The highest BCUT2D eigenvalue weighted by molar-refractivity contribution is 14.2. The molecule has 0 amide bonds. The third-order valence-electron chi connectivity index (χ3n) is 0. The molecule has 0 heterocycles. The van der Waals surface area contributed by atoms with E-state index in [4.69, 9.17) is 0 Å². The maximum absolute atomic E-state index is 2.91. The minimum atomic E-state index is 0. The number of hydrogen-bond donors (Lipinski definition) is 1. The summed E-state index contributed by atoms with van der Waals surface area (Å²) in [5.74, 6) is 0. The highest BCUT2D eigenvalue weighted by Gasteiger charge is 1.00. The Hall–Kier alpha value is 1.46. The van der Waals surface area contributed by atoms with Crippen molar-refractivity contribution in [2.45, 2.75) is 0 Å². The van der Waals surface area contributed by atoms with Crippen LogP contribution in [0, 0.1) is 0 Å². The van der Waals surface area contributed by atoms with Gasteiger partial charge in [-0.1, -0.05) is 0 Å². The second-order valence-corrected chi connectivity index (χ2v) is 0. The molecule has 0 radical (unpaired) electrons. The molecular weight excluding hydrogens is 256 g/mol. The van der Waals surface area contributed by atoms with E-state index in [1.165, 1.54) is 0 Å². The van der Waals surface area contributed by atoms with Gasteiger partial charge in [-0.25, -0.2) is 0 Å². The predicted octanol–water partition coefficient (Wildman–Crippen LogP) is -0.889. The third-order valence-corrected chi connectivity index (χ3v) is 0. The van der Waals surface area contributed by atoms with Crippen LogP contribution in [-0.4, -0.2) is 0 Å². The fraction of sp³-hybridized carbons (Fsp3) is 0. The van der Waals surface area contributed by atoms with E-state index in [1.807, 2.05) is 20.4 Å². The zero-order valence-corrected chi connectivity index (χ0v) is 6.63. The molecule has 0 bridgehead atoms. The Bertz CT molecular complexity index is 8.00. The quantitative estimate of drug-likeness (QED) is 0.549. The first-order valence-electron chi connectivity index (χ1n) is 0.143. The molecule has 0 aliphatic heterocycles. The van der Waals surface area contributed by atoms with Crippen molar-refractivity contribution < 1.29 is 12.4 Å². The van der Waals surface area contributed by atoms with Crippen LogP contribution in [0.2, 0.25) is 0 Å². The van der Waals surface area contributed by atoms with Crippen molar-refractivity contribution in [1.29, 1.82) is 0 Å². The molecule has 0 rings (SSSR count). The van der Waals surface area contributed by atoms with Crippen LogP contribution < -0.4 is 18.6 Å². The highest BCUT2D eigenvalue weighted by atomic mass is 127. The van der Waals surface area contributed by atoms with Gasteiger partial charge in [0.15, 0.2) is 0 Å². The predicted molar refractivity (Wildman–Crippen MR) is 28.9 cm³/mol. The molecule has 0 aliphatic carbocycles. The smallest absolute Gasteiger partial charge is 0.00711 e. The Labute approximate surface area is 51.4 Å². The number of rotatable bonds is 0. The summed E-state index contributed by atoms with van der Waals surface area (Å²) >= 11 is 4.87. The van der Waals surface area contributed by atoms with Crippen molar-refractivity contribution in [2.24, 2.45) is 0 Å². The molecule has 0 atom stereocenters. The second kappa shape index (κ2) is 25.0. The van der Waals surface area contributed by atoms with Crippen LogP contribution in [-0.2, 0) is 0 Å². The number of halogens is 3. The van der Waals surface area contributed by atoms with Crippen LogP contribution in [0.4, 0.5) is 0 Å². The lowest BCUT2D eigenvalue weighted by atomic mass is 14.0. The molecule has 0 spiro atoms. The van der Waals surface area contributed by atoms with Crippen LogP contribution >= 0.6 is 33.1 Å². The molecule has 4 N–H and O–H groups in total. The molecule has 0 aromatic carbocycles. The van der Waals surface area contributed by atoms with Crippen molar-refractivity contribution in [3.8, 4) is 0 Å². The first kappa shape index (κ1) is 17.9. The Morgan fingerprint density at radius 3 is 1.25 bits per heavy atom. The molecule has 0 aliphatic rings. The number of hydrogen-bond acceptors (Lipinski definition) is 0. The summed E-state index contributed by atoms with van der Waals surface area (Å²) in [6, 6.07) is 0. The van der Waals surface area contributed by atoms with E-state index in [2.05, 4.69) is 12.7 Å². The summed E-state index contributed by atoms with van der Waals surface area (Å²) in [7, 11) is 0. The molecule has 4 heteroatoms. The minimum Gasteiger partial charge on any atom is -1.00 e. The molecule has 0 saturated heterocycles. The van der Waals surface area contributed by atoms with Gasteiger partial charge in [-0.2, -0.15) is 0 Å². The lowest BCUT2D eigenvalue weighted by Gasteiger charge is -1.00. The van der Waals surface area contributed by atoms with Crippen molar-refractivity contribution >= 4 is 33.1 Å². The Morgan fingerprint density at radius 2 is 1.25 bits per heavy atom. The van der Waals surface area contributed by atoms with Gasteiger partial charge in [0.1, 0.15) is 0 Å². The zero-order valence-electron chi connectivity index (χ0n) is 2.13. The van der Waals surface area contributed by atoms with Crippen molar-refractivity contribution in [3.63, 3.8) is 0 Å². The van der Waals surface area contributed by atoms with E-state index < -0.39 is 0 Å². The van der Waals surface area contributed by atoms with Crippen molar-refractivity contribution in [3.05, 3.63) is 0 Å². The fourth-order valence-corrected chi connectivity index (χ4v) is 0. The maximum Gasteiger partial charge on any atom is 0.00711 e. The molecule has 0 unspecified atom stereocenters. The monoisotopic (exact) mass is 259 g/mol. The van der Waals surface area contributed by atoms with E-state index in [1.54, 1.807) is 0 Å². The van der Waals surface area contributed by atoms with Gasteiger partial charge in [-0.05, 0) is 12.7 Å². The third kappa shape index (κ3) is 9.82. The average molecular weight is 260 g/mol. The van der Waals surface area contributed by atoms with Crippen LogP contribution in [0.3, 0.4) is 0 Å². The highest BCUT2D eigenvalue weighted by Crippen LogP contribution is 1.87. The number of quaternary nitrogens is 1. The first-order chi connectivity index (χ1) is 1.00. The second-order valence-electron chi connectivity index (χ2n) is 0. The molecule has 1 nitrogen and oxygen atoms in total. The van der Waals surface area contributed by atoms with Gasteiger partial charge in [0.2, 0.25) is 0 Å². The Kier molecular flexibility index (Phi) is 112. The molecule has 0 fully saturated rings. The Balaban J connectivity index is -0.00000000500. The minimum absolute atomic E-state index is 0. The maximum atomic E-state index is 2.91. The summed E-state index contributed by atoms with van der Waals surface area (Å²) in [6.07, 6.45) is 0. The summed E-state index contributed by atoms with van der Waals surface area (Å²) in [5, 5.41) is 0. The van der Waals surface area contributed by atoms with E-state index in [0.717, 1.165) is 0 Å². The van der Waals surface area contributed by atoms with Crippen LogP contribution in [0.5, 0.6) is 0 Å². The normalized spacial score (nSPS) is 1.50. The van der Waals surface area contributed by atoms with Crippen molar-refractivity contribution in [1.82, 2.24) is 6.15 Å². The van der Waals surface area contributed by atoms with Gasteiger partial charge in [-0.3, -0.25) is 0 Å². The Morgan fingerprint density at radius 1 is 1.25 bits per heavy atom. The summed E-state index contributed by atoms with van der Waals surface area (Å²) in [6.45, 7) is 0. The van der Waals surface area contributed by atoms with Crippen LogP contribution in [0.25, 0.3) is 0 Å². The van der Waals surface area contributed by atoms with Gasteiger partial charge < -0.3 is 18.6 Å². The molecule has 30 valence electrons. The van der Waals surface area contributed by atoms with Crippen LogP contribution in [0.15, 0.2) is 0 Å². The SMILES string of the molecule is BrI.[Cl-].[NH4+]. The molecule has 0 saturated carbocycles. The molecule has 0 aromatic heterocycles. The van der Waals surface area contributed by atoms with Gasteiger partial charge in [0.05, 0.1) is 0 Å². The van der Waals surface area contributed by atoms with Gasteiger partial charge >= 0.3 is 0 Å². The topological polar surface area (TPSA) is 36.5 Å². The largest absolute Gasteiger partial charge is 1.00 e. The average Bonchev–Trinajstić information content (AvgIpc) is 1.00. The van der Waals surface area contributed by atoms with Crippen molar-refractivity contribution in [2.75, 3.05) is 0 Å². The van der Waals surface area contributed by atoms with E-state index >= 15 is 0 Å². The lowest BCUT2D eigenvalue weighted by molar-refractivity contribution is -0.000000637. The first-order valence-corrected chi connectivity index (χ1v) is 4.98. The molecule has 0 aromatic rings.